The van der Waals surface area contributed by atoms with Crippen LogP contribution in [0.4, 0.5) is 5.69 Å². The number of carbonyl (C=O) groups excluding carboxylic acids is 1. The van der Waals surface area contributed by atoms with Gasteiger partial charge in [0.1, 0.15) is 6.10 Å². The molecule has 1 fully saturated rings. The maximum atomic E-state index is 11.8. The molecule has 5 heteroatoms. The summed E-state index contributed by atoms with van der Waals surface area (Å²) in [5.41, 5.74) is 1.01. The van der Waals surface area contributed by atoms with Crippen LogP contribution in [0.25, 0.3) is 0 Å². The molecule has 0 amide bonds. The van der Waals surface area contributed by atoms with Gasteiger partial charge in [-0.2, -0.15) is 0 Å². The third kappa shape index (κ3) is 3.56. The Morgan fingerprint density at radius 2 is 2.05 bits per heavy atom. The van der Waals surface area contributed by atoms with E-state index in [9.17, 15) is 14.9 Å². The lowest BCUT2D eigenvalue weighted by Gasteiger charge is -2.07. The topological polar surface area (TPSA) is 69.4 Å². The molecule has 0 N–H and O–H groups in total. The van der Waals surface area contributed by atoms with E-state index < -0.39 is 4.92 Å². The second kappa shape index (κ2) is 6.50. The lowest BCUT2D eigenvalue weighted by molar-refractivity contribution is -0.384. The van der Waals surface area contributed by atoms with Crippen molar-refractivity contribution in [3.63, 3.8) is 0 Å². The second-order valence-corrected chi connectivity index (χ2v) is 5.26. The molecule has 0 bridgehead atoms. The van der Waals surface area contributed by atoms with Gasteiger partial charge >= 0.3 is 5.97 Å². The Bertz CT molecular complexity index is 483. The van der Waals surface area contributed by atoms with Gasteiger partial charge in [-0.25, -0.2) is 0 Å². The second-order valence-electron chi connectivity index (χ2n) is 5.26. The highest BCUT2D eigenvalue weighted by Gasteiger charge is 2.33. The first-order chi connectivity index (χ1) is 9.60. The van der Waals surface area contributed by atoms with Crippen LogP contribution >= 0.6 is 0 Å². The zero-order valence-corrected chi connectivity index (χ0v) is 11.6. The smallest absolute Gasteiger partial charge is 0.309 e. The Hall–Kier alpha value is -1.91. The normalized spacial score (nSPS) is 21.8. The SMILES string of the molecule is CCCCC1CC(Cc2ccc([N+](=O)[O-])cc2)C(=O)O1. The summed E-state index contributed by atoms with van der Waals surface area (Å²) in [4.78, 5) is 22.0. The number of nitro groups is 1. The van der Waals surface area contributed by atoms with Crippen molar-refractivity contribution in [3.05, 3.63) is 39.9 Å². The van der Waals surface area contributed by atoms with Crippen LogP contribution in [0.5, 0.6) is 0 Å². The number of hydrogen-bond donors (Lipinski definition) is 0. The van der Waals surface area contributed by atoms with Gasteiger partial charge in [-0.1, -0.05) is 31.9 Å². The van der Waals surface area contributed by atoms with E-state index in [2.05, 4.69) is 6.92 Å². The molecule has 0 aliphatic carbocycles. The summed E-state index contributed by atoms with van der Waals surface area (Å²) in [7, 11) is 0. The number of hydrogen-bond acceptors (Lipinski definition) is 4. The molecule has 5 nitrogen and oxygen atoms in total. The van der Waals surface area contributed by atoms with Crippen molar-refractivity contribution in [2.24, 2.45) is 5.92 Å². The average molecular weight is 277 g/mol. The van der Waals surface area contributed by atoms with Gasteiger partial charge in [-0.05, 0) is 24.8 Å². The fourth-order valence-corrected chi connectivity index (χ4v) is 2.54. The molecule has 1 aromatic rings. The van der Waals surface area contributed by atoms with Crippen molar-refractivity contribution >= 4 is 11.7 Å². The van der Waals surface area contributed by atoms with Gasteiger partial charge in [0.2, 0.25) is 0 Å². The van der Waals surface area contributed by atoms with Gasteiger partial charge in [0, 0.05) is 12.1 Å². The molecule has 0 spiro atoms. The number of ether oxygens (including phenoxy) is 1. The van der Waals surface area contributed by atoms with Crippen molar-refractivity contribution in [2.45, 2.75) is 45.1 Å². The Morgan fingerprint density at radius 3 is 2.65 bits per heavy atom. The molecule has 2 unspecified atom stereocenters. The molecule has 1 aliphatic heterocycles. The van der Waals surface area contributed by atoms with Crippen LogP contribution in [0.15, 0.2) is 24.3 Å². The molecule has 1 aliphatic rings. The maximum absolute atomic E-state index is 11.8. The van der Waals surface area contributed by atoms with E-state index in [0.717, 1.165) is 31.2 Å². The van der Waals surface area contributed by atoms with Gasteiger partial charge in [0.15, 0.2) is 0 Å². The summed E-state index contributed by atoms with van der Waals surface area (Å²) in [6.07, 6.45) is 4.50. The fraction of sp³-hybridized carbons (Fsp3) is 0.533. The van der Waals surface area contributed by atoms with Gasteiger partial charge < -0.3 is 4.74 Å². The Balaban J connectivity index is 1.93. The van der Waals surface area contributed by atoms with Crippen LogP contribution in [0.3, 0.4) is 0 Å². The molecular formula is C15H19NO4. The van der Waals surface area contributed by atoms with E-state index in [1.54, 1.807) is 12.1 Å². The maximum Gasteiger partial charge on any atom is 0.309 e. The zero-order valence-electron chi connectivity index (χ0n) is 11.6. The first-order valence-corrected chi connectivity index (χ1v) is 7.04. The molecular weight excluding hydrogens is 258 g/mol. The molecule has 108 valence electrons. The highest BCUT2D eigenvalue weighted by molar-refractivity contribution is 5.75. The highest BCUT2D eigenvalue weighted by Crippen LogP contribution is 2.28. The minimum atomic E-state index is -0.422. The van der Waals surface area contributed by atoms with Crippen molar-refractivity contribution in [2.75, 3.05) is 0 Å². The minimum Gasteiger partial charge on any atom is -0.462 e. The first kappa shape index (κ1) is 14.5. The van der Waals surface area contributed by atoms with E-state index in [0.29, 0.717) is 6.42 Å². The van der Waals surface area contributed by atoms with Gasteiger partial charge in [-0.15, -0.1) is 0 Å². The Morgan fingerprint density at radius 1 is 1.35 bits per heavy atom. The third-order valence-corrected chi connectivity index (χ3v) is 3.67. The molecule has 0 saturated carbocycles. The van der Waals surface area contributed by atoms with Crippen LogP contribution < -0.4 is 0 Å². The Labute approximate surface area is 118 Å². The van der Waals surface area contributed by atoms with E-state index in [-0.39, 0.29) is 23.7 Å². The summed E-state index contributed by atoms with van der Waals surface area (Å²) in [5, 5.41) is 10.6. The van der Waals surface area contributed by atoms with E-state index in [1.807, 2.05) is 0 Å². The predicted molar refractivity (Wildman–Crippen MR) is 74.3 cm³/mol. The van der Waals surface area contributed by atoms with Gasteiger partial charge in [-0.3, -0.25) is 14.9 Å². The number of benzene rings is 1. The quantitative estimate of drug-likeness (QED) is 0.454. The monoisotopic (exact) mass is 277 g/mol. The third-order valence-electron chi connectivity index (χ3n) is 3.67. The number of carbonyl (C=O) groups is 1. The zero-order chi connectivity index (χ0) is 14.5. The molecule has 2 atom stereocenters. The largest absolute Gasteiger partial charge is 0.462 e. The summed E-state index contributed by atoms with van der Waals surface area (Å²) in [6.45, 7) is 2.12. The standard InChI is InChI=1S/C15H19NO4/c1-2-3-4-14-10-12(15(17)20-14)9-11-5-7-13(8-6-11)16(18)19/h5-8,12,14H,2-4,9-10H2,1H3. The van der Waals surface area contributed by atoms with Crippen molar-refractivity contribution < 1.29 is 14.5 Å². The molecule has 20 heavy (non-hydrogen) atoms. The van der Waals surface area contributed by atoms with Crippen LogP contribution in [-0.2, 0) is 16.0 Å². The van der Waals surface area contributed by atoms with Gasteiger partial charge in [0.25, 0.3) is 5.69 Å². The van der Waals surface area contributed by atoms with E-state index >= 15 is 0 Å². The number of cyclic esters (lactones) is 1. The fourth-order valence-electron chi connectivity index (χ4n) is 2.54. The summed E-state index contributed by atoms with van der Waals surface area (Å²) < 4.78 is 5.36. The van der Waals surface area contributed by atoms with Gasteiger partial charge in [0.05, 0.1) is 10.8 Å². The molecule has 2 rings (SSSR count). The summed E-state index contributed by atoms with van der Waals surface area (Å²) in [5.74, 6) is -0.247. The number of nitro benzene ring substituents is 1. The van der Waals surface area contributed by atoms with Crippen molar-refractivity contribution in [3.8, 4) is 0 Å². The summed E-state index contributed by atoms with van der Waals surface area (Å²) in [6, 6.07) is 6.38. The van der Waals surface area contributed by atoms with E-state index in [4.69, 9.17) is 4.74 Å². The lowest BCUT2D eigenvalue weighted by atomic mass is 9.95. The van der Waals surface area contributed by atoms with Crippen LogP contribution in [0.1, 0.15) is 38.2 Å². The number of unbranched alkanes of at least 4 members (excludes halogenated alkanes) is 1. The van der Waals surface area contributed by atoms with Crippen LogP contribution in [0.2, 0.25) is 0 Å². The Kier molecular flexibility index (Phi) is 4.71. The van der Waals surface area contributed by atoms with Crippen LogP contribution in [0, 0.1) is 16.0 Å². The van der Waals surface area contributed by atoms with Crippen molar-refractivity contribution in [1.29, 1.82) is 0 Å². The van der Waals surface area contributed by atoms with Crippen molar-refractivity contribution in [1.82, 2.24) is 0 Å². The van der Waals surface area contributed by atoms with E-state index in [1.165, 1.54) is 12.1 Å². The molecule has 1 heterocycles. The molecule has 1 aromatic carbocycles. The molecule has 0 aromatic heterocycles. The number of nitrogens with zero attached hydrogens (tertiary/aromatic N) is 1. The first-order valence-electron chi connectivity index (χ1n) is 7.04. The van der Waals surface area contributed by atoms with Crippen LogP contribution in [-0.4, -0.2) is 17.0 Å². The highest BCUT2D eigenvalue weighted by atomic mass is 16.6. The molecule has 1 saturated heterocycles. The predicted octanol–water partition coefficient (Wildman–Crippen LogP) is 3.26. The number of esters is 1. The minimum absolute atomic E-state index is 0.0468. The lowest BCUT2D eigenvalue weighted by Crippen LogP contribution is -2.10. The molecule has 0 radical (unpaired) electrons. The average Bonchev–Trinajstić information content (AvgIpc) is 2.77. The number of non-ortho nitro benzene ring substituents is 1. The number of rotatable bonds is 6. The summed E-state index contributed by atoms with van der Waals surface area (Å²) >= 11 is 0.